The van der Waals surface area contributed by atoms with Crippen LogP contribution in [0.15, 0.2) is 43.8 Å². The molecule has 0 heterocycles. The molecule has 2 aromatic carbocycles. The van der Waals surface area contributed by atoms with Gasteiger partial charge in [-0.1, -0.05) is 0 Å². The molecule has 142 valence electrons. The molecule has 4 nitrogen and oxygen atoms in total. The Bertz CT molecular complexity index is 581. The van der Waals surface area contributed by atoms with Crippen molar-refractivity contribution in [2.75, 3.05) is 28.4 Å². The SMILES string of the molecule is COc1cc([S-])c([S-])cc1OC.COc1cc([S-])c([S-])cc1OC.[Ni]. The number of hydrogen-bond acceptors (Lipinski definition) is 8. The van der Waals surface area contributed by atoms with Crippen molar-refractivity contribution in [3.05, 3.63) is 24.3 Å². The fraction of sp³-hybridized carbons (Fsp3) is 0.250. The molecule has 0 N–H and O–H groups in total. The summed E-state index contributed by atoms with van der Waals surface area (Å²) in [6.45, 7) is 0. The van der Waals surface area contributed by atoms with Gasteiger partial charge in [-0.05, 0) is 24.3 Å². The Morgan fingerprint density at radius 3 is 0.760 bits per heavy atom. The van der Waals surface area contributed by atoms with E-state index in [0.29, 0.717) is 42.6 Å². The zero-order valence-corrected chi connectivity index (χ0v) is 18.1. The number of hydrogen-bond donors (Lipinski definition) is 0. The zero-order chi connectivity index (χ0) is 18.3. The first kappa shape index (κ1) is 24.0. The van der Waals surface area contributed by atoms with Crippen LogP contribution in [0.3, 0.4) is 0 Å². The molecule has 0 fully saturated rings. The van der Waals surface area contributed by atoms with Gasteiger partial charge in [-0.3, -0.25) is 0 Å². The van der Waals surface area contributed by atoms with E-state index in [-0.39, 0.29) is 16.5 Å². The summed E-state index contributed by atoms with van der Waals surface area (Å²) in [5.41, 5.74) is 0. The van der Waals surface area contributed by atoms with Gasteiger partial charge in [0.2, 0.25) is 0 Å². The van der Waals surface area contributed by atoms with E-state index in [1.54, 1.807) is 52.7 Å². The molecular weight excluding hydrogens is 443 g/mol. The summed E-state index contributed by atoms with van der Waals surface area (Å²) in [5.74, 6) is 2.49. The summed E-state index contributed by atoms with van der Waals surface area (Å²) >= 11 is 19.9. The predicted molar refractivity (Wildman–Crippen MR) is 102 cm³/mol. The third kappa shape index (κ3) is 6.68. The van der Waals surface area contributed by atoms with E-state index in [9.17, 15) is 0 Å². The largest absolute Gasteiger partial charge is 0.781 e. The standard InChI is InChI=1S/2C8H10O2S2.Ni/c2*1-9-5-3-7(11)8(12)4-6(5)10-2;/h2*3-4,11-12H,1-2H3;/p-4. The second-order valence-corrected chi connectivity index (χ2v) is 6.07. The smallest absolute Gasteiger partial charge is 0.159 e. The van der Waals surface area contributed by atoms with Gasteiger partial charge >= 0.3 is 0 Å². The van der Waals surface area contributed by atoms with Gasteiger partial charge in [-0.2, -0.15) is 19.6 Å². The van der Waals surface area contributed by atoms with Gasteiger partial charge in [0.25, 0.3) is 0 Å². The molecule has 0 unspecified atom stereocenters. The monoisotopic (exact) mass is 458 g/mol. The molecule has 0 aliphatic heterocycles. The normalized spacial score (nSPS) is 9.12. The fourth-order valence-corrected chi connectivity index (χ4v) is 2.35. The van der Waals surface area contributed by atoms with Crippen molar-refractivity contribution in [3.63, 3.8) is 0 Å². The van der Waals surface area contributed by atoms with E-state index >= 15 is 0 Å². The molecule has 0 aliphatic carbocycles. The van der Waals surface area contributed by atoms with Gasteiger partial charge in [0, 0.05) is 16.5 Å². The number of methoxy groups -OCH3 is 4. The van der Waals surface area contributed by atoms with E-state index in [0.717, 1.165) is 0 Å². The first-order valence-corrected chi connectivity index (χ1v) is 8.21. The van der Waals surface area contributed by atoms with E-state index in [1.165, 1.54) is 0 Å². The van der Waals surface area contributed by atoms with Crippen LogP contribution in [-0.2, 0) is 67.0 Å². The van der Waals surface area contributed by atoms with E-state index in [1.807, 2.05) is 0 Å². The molecule has 0 bridgehead atoms. The van der Waals surface area contributed by atoms with Crippen LogP contribution in [0, 0.1) is 0 Å². The summed E-state index contributed by atoms with van der Waals surface area (Å²) in [4.78, 5) is 2.45. The molecule has 9 heteroatoms. The molecule has 0 atom stereocenters. The molecule has 0 aromatic heterocycles. The van der Waals surface area contributed by atoms with Gasteiger partial charge in [0.15, 0.2) is 23.0 Å². The summed E-state index contributed by atoms with van der Waals surface area (Å²) in [6, 6.07) is 6.76. The fourth-order valence-electron chi connectivity index (χ4n) is 1.68. The maximum Gasteiger partial charge on any atom is 0.159 e. The van der Waals surface area contributed by atoms with Crippen molar-refractivity contribution in [2.45, 2.75) is 19.6 Å². The molecule has 0 radical (unpaired) electrons. The van der Waals surface area contributed by atoms with Crippen LogP contribution in [-0.4, -0.2) is 28.4 Å². The Kier molecular flexibility index (Phi) is 11.1. The predicted octanol–water partition coefficient (Wildman–Crippen LogP) is 3.03. The molecule has 0 saturated carbocycles. The van der Waals surface area contributed by atoms with Crippen LogP contribution in [0.4, 0.5) is 0 Å². The van der Waals surface area contributed by atoms with Gasteiger partial charge in [-0.15, -0.1) is 0 Å². The van der Waals surface area contributed by atoms with Crippen LogP contribution < -0.4 is 18.9 Å². The first-order valence-electron chi connectivity index (χ1n) is 6.58. The minimum Gasteiger partial charge on any atom is -0.781 e. The third-order valence-electron chi connectivity index (χ3n) is 2.90. The maximum absolute atomic E-state index is 5.03. The average molecular weight is 459 g/mol. The topological polar surface area (TPSA) is 36.9 Å². The quantitative estimate of drug-likeness (QED) is 0.511. The Morgan fingerprint density at radius 1 is 0.480 bits per heavy atom. The van der Waals surface area contributed by atoms with Crippen molar-refractivity contribution in [2.24, 2.45) is 0 Å². The molecule has 0 amide bonds. The van der Waals surface area contributed by atoms with Crippen molar-refractivity contribution in [1.29, 1.82) is 0 Å². The van der Waals surface area contributed by atoms with E-state index < -0.39 is 0 Å². The number of rotatable bonds is 4. The average Bonchev–Trinajstić information content (AvgIpc) is 2.59. The van der Waals surface area contributed by atoms with Crippen LogP contribution >= 0.6 is 0 Å². The van der Waals surface area contributed by atoms with Crippen molar-refractivity contribution >= 4 is 50.5 Å². The van der Waals surface area contributed by atoms with Crippen LogP contribution in [0.1, 0.15) is 0 Å². The molecule has 0 aliphatic rings. The number of benzene rings is 2. The Hall–Kier alpha value is -0.986. The van der Waals surface area contributed by atoms with Crippen molar-refractivity contribution in [1.82, 2.24) is 0 Å². The third-order valence-corrected chi connectivity index (χ3v) is 4.51. The Labute approximate surface area is 180 Å². The molecular formula is C16H16NiO4S4-4. The summed E-state index contributed by atoms with van der Waals surface area (Å²) in [5, 5.41) is 0. The van der Waals surface area contributed by atoms with Crippen molar-refractivity contribution in [3.8, 4) is 23.0 Å². The summed E-state index contributed by atoms with van der Waals surface area (Å²) < 4.78 is 20.1. The van der Waals surface area contributed by atoms with Crippen LogP contribution in [0.2, 0.25) is 0 Å². The first-order chi connectivity index (χ1) is 11.4. The van der Waals surface area contributed by atoms with Gasteiger partial charge < -0.3 is 69.5 Å². The second kappa shape index (κ2) is 11.6. The minimum absolute atomic E-state index is 0. The second-order valence-electron chi connectivity index (χ2n) is 4.31. The molecule has 0 saturated heterocycles. The summed E-state index contributed by atoms with van der Waals surface area (Å²) in [7, 11) is 6.26. The van der Waals surface area contributed by atoms with Crippen LogP contribution in [0.5, 0.6) is 23.0 Å². The minimum atomic E-state index is 0. The maximum atomic E-state index is 5.03. The van der Waals surface area contributed by atoms with Gasteiger partial charge in [-0.25, -0.2) is 0 Å². The van der Waals surface area contributed by atoms with Crippen molar-refractivity contribution < 1.29 is 35.4 Å². The summed E-state index contributed by atoms with van der Waals surface area (Å²) in [6.07, 6.45) is 0. The molecule has 2 rings (SSSR count). The van der Waals surface area contributed by atoms with E-state index in [2.05, 4.69) is 0 Å². The zero-order valence-electron chi connectivity index (χ0n) is 13.9. The Balaban J connectivity index is 0.000000443. The molecule has 25 heavy (non-hydrogen) atoms. The number of ether oxygens (including phenoxy) is 4. The Morgan fingerprint density at radius 2 is 0.640 bits per heavy atom. The molecule has 2 aromatic rings. The van der Waals surface area contributed by atoms with Crippen LogP contribution in [0.25, 0.3) is 0 Å². The van der Waals surface area contributed by atoms with Gasteiger partial charge in [0.1, 0.15) is 0 Å². The molecule has 0 spiro atoms. The van der Waals surface area contributed by atoms with Gasteiger partial charge in [0.05, 0.1) is 28.4 Å². The van der Waals surface area contributed by atoms with E-state index in [4.69, 9.17) is 69.5 Å².